The zero-order chi connectivity index (χ0) is 12.1. The lowest BCUT2D eigenvalue weighted by Crippen LogP contribution is -2.24. The normalized spacial score (nSPS) is 10.2. The fourth-order valence-electron chi connectivity index (χ4n) is 1.55. The predicted octanol–water partition coefficient (Wildman–Crippen LogP) is 1.91. The fraction of sp³-hybridized carbons (Fsp3) is 0.500. The molecule has 1 rings (SSSR count). The Bertz CT molecular complexity index is 373. The van der Waals surface area contributed by atoms with E-state index in [1.54, 1.807) is 0 Å². The molecule has 0 aromatic carbocycles. The maximum absolute atomic E-state index is 7.53. The minimum Gasteiger partial charge on any atom is -0.384 e. The van der Waals surface area contributed by atoms with Crippen molar-refractivity contribution in [3.8, 4) is 0 Å². The number of unbranched alkanes of at least 4 members (excludes halogenated alkanes) is 1. The van der Waals surface area contributed by atoms with Crippen molar-refractivity contribution in [3.63, 3.8) is 0 Å². The summed E-state index contributed by atoms with van der Waals surface area (Å²) < 4.78 is 0. The van der Waals surface area contributed by atoms with E-state index in [-0.39, 0.29) is 5.84 Å². The molecule has 4 nitrogen and oxygen atoms in total. The Kier molecular flexibility index (Phi) is 4.28. The van der Waals surface area contributed by atoms with Crippen LogP contribution in [0.4, 0.5) is 5.82 Å². The van der Waals surface area contributed by atoms with Crippen molar-refractivity contribution >= 4 is 11.7 Å². The lowest BCUT2D eigenvalue weighted by Gasteiger charge is -2.20. The Morgan fingerprint density at radius 3 is 2.75 bits per heavy atom. The zero-order valence-corrected chi connectivity index (χ0v) is 10.2. The monoisotopic (exact) mass is 220 g/mol. The minimum atomic E-state index is 0.0749. The third-order valence-electron chi connectivity index (χ3n) is 2.51. The molecule has 1 aromatic rings. The number of hydrogen-bond donors (Lipinski definition) is 2. The van der Waals surface area contributed by atoms with Gasteiger partial charge in [-0.1, -0.05) is 13.3 Å². The van der Waals surface area contributed by atoms with Crippen LogP contribution in [0, 0.1) is 12.3 Å². The number of rotatable bonds is 5. The second-order valence-electron chi connectivity index (χ2n) is 4.01. The Balaban J connectivity index is 2.99. The number of anilines is 1. The second kappa shape index (κ2) is 5.49. The van der Waals surface area contributed by atoms with Crippen LogP contribution in [-0.4, -0.2) is 24.4 Å². The molecule has 16 heavy (non-hydrogen) atoms. The highest BCUT2D eigenvalue weighted by molar-refractivity contribution is 5.99. The van der Waals surface area contributed by atoms with Gasteiger partial charge in [0.05, 0.1) is 5.56 Å². The molecule has 88 valence electrons. The van der Waals surface area contributed by atoms with Gasteiger partial charge in [0.1, 0.15) is 11.7 Å². The van der Waals surface area contributed by atoms with Crippen molar-refractivity contribution < 1.29 is 0 Å². The number of pyridine rings is 1. The molecule has 3 N–H and O–H groups in total. The standard InChI is InChI=1S/C12H20N4/c1-4-5-8-16(3)12-10(11(13)14)7-6-9(2)15-12/h6-7H,4-5,8H2,1-3H3,(H3,13,14). The number of nitrogens with zero attached hydrogens (tertiary/aromatic N) is 2. The Morgan fingerprint density at radius 2 is 2.19 bits per heavy atom. The van der Waals surface area contributed by atoms with Gasteiger partial charge in [-0.2, -0.15) is 0 Å². The molecule has 0 saturated carbocycles. The van der Waals surface area contributed by atoms with Crippen LogP contribution in [0.15, 0.2) is 12.1 Å². The maximum atomic E-state index is 7.53. The van der Waals surface area contributed by atoms with Gasteiger partial charge in [-0.05, 0) is 25.5 Å². The SMILES string of the molecule is CCCCN(C)c1nc(C)ccc1C(=N)N. The van der Waals surface area contributed by atoms with Crippen LogP contribution in [0.2, 0.25) is 0 Å². The van der Waals surface area contributed by atoms with Crippen LogP contribution in [0.3, 0.4) is 0 Å². The number of aromatic nitrogens is 1. The summed E-state index contributed by atoms with van der Waals surface area (Å²) in [6.07, 6.45) is 2.26. The van der Waals surface area contributed by atoms with Gasteiger partial charge in [-0.3, -0.25) is 5.41 Å². The molecule has 0 aliphatic carbocycles. The van der Waals surface area contributed by atoms with Crippen molar-refractivity contribution in [1.29, 1.82) is 5.41 Å². The van der Waals surface area contributed by atoms with Crippen LogP contribution >= 0.6 is 0 Å². The van der Waals surface area contributed by atoms with Gasteiger partial charge in [0.2, 0.25) is 0 Å². The molecular weight excluding hydrogens is 200 g/mol. The minimum absolute atomic E-state index is 0.0749. The fourth-order valence-corrected chi connectivity index (χ4v) is 1.55. The summed E-state index contributed by atoms with van der Waals surface area (Å²) in [5.41, 5.74) is 7.21. The third kappa shape index (κ3) is 2.95. The van der Waals surface area contributed by atoms with Crippen LogP contribution in [-0.2, 0) is 0 Å². The molecule has 0 atom stereocenters. The first-order valence-electron chi connectivity index (χ1n) is 5.59. The Labute approximate surface area is 97.0 Å². The quantitative estimate of drug-likeness (QED) is 0.588. The van der Waals surface area contributed by atoms with Gasteiger partial charge >= 0.3 is 0 Å². The van der Waals surface area contributed by atoms with Gasteiger partial charge in [-0.15, -0.1) is 0 Å². The summed E-state index contributed by atoms with van der Waals surface area (Å²) in [6, 6.07) is 3.75. The topological polar surface area (TPSA) is 66.0 Å². The smallest absolute Gasteiger partial charge is 0.139 e. The van der Waals surface area contributed by atoms with E-state index in [0.29, 0.717) is 5.56 Å². The molecular formula is C12H20N4. The van der Waals surface area contributed by atoms with Gasteiger partial charge in [0, 0.05) is 19.3 Å². The number of nitrogens with one attached hydrogen (secondary N) is 1. The predicted molar refractivity (Wildman–Crippen MR) is 68.2 cm³/mol. The zero-order valence-electron chi connectivity index (χ0n) is 10.2. The molecule has 0 radical (unpaired) electrons. The van der Waals surface area contributed by atoms with Gasteiger partial charge in [0.15, 0.2) is 0 Å². The summed E-state index contributed by atoms with van der Waals surface area (Å²) in [5.74, 6) is 0.881. The van der Waals surface area contributed by atoms with E-state index >= 15 is 0 Å². The van der Waals surface area contributed by atoms with E-state index in [4.69, 9.17) is 11.1 Å². The highest BCUT2D eigenvalue weighted by atomic mass is 15.2. The highest BCUT2D eigenvalue weighted by Gasteiger charge is 2.11. The van der Waals surface area contributed by atoms with Crippen LogP contribution in [0.5, 0.6) is 0 Å². The summed E-state index contributed by atoms with van der Waals surface area (Å²) in [7, 11) is 1.99. The second-order valence-corrected chi connectivity index (χ2v) is 4.01. The molecule has 4 heteroatoms. The number of nitrogen functional groups attached to an aromatic ring is 1. The van der Waals surface area contributed by atoms with Crippen molar-refractivity contribution in [2.75, 3.05) is 18.5 Å². The number of aryl methyl sites for hydroxylation is 1. The molecule has 0 spiro atoms. The van der Waals surface area contributed by atoms with E-state index in [1.165, 1.54) is 0 Å². The first-order valence-corrected chi connectivity index (χ1v) is 5.59. The summed E-state index contributed by atoms with van der Waals surface area (Å²) in [6.45, 7) is 5.04. The highest BCUT2D eigenvalue weighted by Crippen LogP contribution is 2.17. The summed E-state index contributed by atoms with van der Waals surface area (Å²) in [5, 5.41) is 7.53. The van der Waals surface area contributed by atoms with Crippen LogP contribution < -0.4 is 10.6 Å². The average molecular weight is 220 g/mol. The summed E-state index contributed by atoms with van der Waals surface area (Å²) in [4.78, 5) is 6.52. The molecule has 0 aliphatic rings. The average Bonchev–Trinajstić information content (AvgIpc) is 2.25. The van der Waals surface area contributed by atoms with E-state index in [2.05, 4.69) is 16.8 Å². The molecule has 1 heterocycles. The Hall–Kier alpha value is -1.58. The van der Waals surface area contributed by atoms with Crippen LogP contribution in [0.25, 0.3) is 0 Å². The lowest BCUT2D eigenvalue weighted by molar-refractivity contribution is 0.758. The first-order chi connectivity index (χ1) is 7.56. The molecule has 0 unspecified atom stereocenters. The molecule has 0 fully saturated rings. The number of nitrogens with two attached hydrogens (primary N) is 1. The Morgan fingerprint density at radius 1 is 1.50 bits per heavy atom. The van der Waals surface area contributed by atoms with Crippen molar-refractivity contribution in [2.24, 2.45) is 5.73 Å². The van der Waals surface area contributed by atoms with Gasteiger partial charge in [0.25, 0.3) is 0 Å². The van der Waals surface area contributed by atoms with E-state index in [9.17, 15) is 0 Å². The molecule has 1 aromatic heterocycles. The molecule has 0 amide bonds. The number of hydrogen-bond acceptors (Lipinski definition) is 3. The van der Waals surface area contributed by atoms with Gasteiger partial charge in [-0.25, -0.2) is 4.98 Å². The van der Waals surface area contributed by atoms with Crippen LogP contribution in [0.1, 0.15) is 31.0 Å². The van der Waals surface area contributed by atoms with E-state index in [0.717, 1.165) is 30.9 Å². The van der Waals surface area contributed by atoms with E-state index < -0.39 is 0 Å². The molecule has 0 aliphatic heterocycles. The molecule has 0 saturated heterocycles. The lowest BCUT2D eigenvalue weighted by atomic mass is 10.2. The van der Waals surface area contributed by atoms with Crippen molar-refractivity contribution in [2.45, 2.75) is 26.7 Å². The van der Waals surface area contributed by atoms with Crippen molar-refractivity contribution in [3.05, 3.63) is 23.4 Å². The van der Waals surface area contributed by atoms with E-state index in [1.807, 2.05) is 26.1 Å². The van der Waals surface area contributed by atoms with Gasteiger partial charge < -0.3 is 10.6 Å². The molecule has 0 bridgehead atoms. The maximum Gasteiger partial charge on any atom is 0.139 e. The summed E-state index contributed by atoms with van der Waals surface area (Å²) >= 11 is 0. The third-order valence-corrected chi connectivity index (χ3v) is 2.51. The van der Waals surface area contributed by atoms with Crippen molar-refractivity contribution in [1.82, 2.24) is 4.98 Å². The number of amidine groups is 1. The first kappa shape index (κ1) is 12.5. The largest absolute Gasteiger partial charge is 0.384 e.